The van der Waals surface area contributed by atoms with Crippen LogP contribution >= 0.6 is 0 Å². The smallest absolute Gasteiger partial charge is 0.0667 e. The van der Waals surface area contributed by atoms with Gasteiger partial charge in [-0.3, -0.25) is 0 Å². The second-order valence-corrected chi connectivity index (χ2v) is 11.6. The van der Waals surface area contributed by atoms with Crippen molar-refractivity contribution in [2.45, 2.75) is 18.3 Å². The third kappa shape index (κ3) is 2.82. The molecule has 1 aliphatic carbocycles. The molecule has 9 rings (SSSR count). The molecule has 6 aromatic rings. The second-order valence-electron chi connectivity index (χ2n) is 11.6. The first-order chi connectivity index (χ1) is 19.8. The normalized spacial score (nSPS) is 14.9. The predicted molar refractivity (Wildman–Crippen MR) is 167 cm³/mol. The largest absolute Gasteiger partial charge is 0.242 e. The van der Waals surface area contributed by atoms with Crippen LogP contribution in [0.3, 0.4) is 0 Å². The van der Waals surface area contributed by atoms with Crippen LogP contribution in [-0.2, 0) is 18.3 Å². The molecule has 0 amide bonds. The summed E-state index contributed by atoms with van der Waals surface area (Å²) in [6, 6.07) is 52.7. The average Bonchev–Trinajstić information content (AvgIpc) is 3.32. The van der Waals surface area contributed by atoms with Crippen LogP contribution in [0.15, 0.2) is 140 Å². The van der Waals surface area contributed by atoms with Crippen LogP contribution < -0.4 is 16.4 Å². The quantitative estimate of drug-likeness (QED) is 0.239. The maximum absolute atomic E-state index is 2.57. The van der Waals surface area contributed by atoms with E-state index in [2.05, 4.69) is 140 Å². The van der Waals surface area contributed by atoms with Gasteiger partial charge in [0.1, 0.15) is 0 Å². The summed E-state index contributed by atoms with van der Waals surface area (Å²) in [5.41, 5.74) is 18.2. The lowest BCUT2D eigenvalue weighted by atomic mass is 9.30. The van der Waals surface area contributed by atoms with Crippen molar-refractivity contribution in [3.05, 3.63) is 184 Å². The topological polar surface area (TPSA) is 0 Å². The van der Waals surface area contributed by atoms with Gasteiger partial charge in [0.2, 0.25) is 6.71 Å². The van der Waals surface area contributed by atoms with Crippen molar-refractivity contribution < 1.29 is 0 Å². The van der Waals surface area contributed by atoms with Crippen molar-refractivity contribution in [3.63, 3.8) is 0 Å². The summed E-state index contributed by atoms with van der Waals surface area (Å²) in [4.78, 5) is 0. The molecule has 1 heteroatoms. The van der Waals surface area contributed by atoms with E-state index >= 15 is 0 Å². The molecule has 0 spiro atoms. The van der Waals surface area contributed by atoms with E-state index in [9.17, 15) is 0 Å². The highest BCUT2D eigenvalue weighted by Gasteiger charge is 2.47. The Morgan fingerprint density at radius 2 is 0.900 bits per heavy atom. The molecule has 3 aliphatic rings. The Bertz CT molecular complexity index is 1850. The van der Waals surface area contributed by atoms with E-state index in [1.165, 1.54) is 66.6 Å². The highest BCUT2D eigenvalue weighted by atomic mass is 14.5. The molecule has 0 atom stereocenters. The highest BCUT2D eigenvalue weighted by Crippen LogP contribution is 2.56. The summed E-state index contributed by atoms with van der Waals surface area (Å²) < 4.78 is 0. The van der Waals surface area contributed by atoms with E-state index in [1.807, 2.05) is 0 Å². The fourth-order valence-electron chi connectivity index (χ4n) is 8.21. The molecule has 40 heavy (non-hydrogen) atoms. The second kappa shape index (κ2) is 8.19. The van der Waals surface area contributed by atoms with E-state index in [0.717, 1.165) is 12.8 Å². The van der Waals surface area contributed by atoms with E-state index in [4.69, 9.17) is 0 Å². The van der Waals surface area contributed by atoms with Gasteiger partial charge in [0.25, 0.3) is 0 Å². The van der Waals surface area contributed by atoms with Crippen LogP contribution in [0.1, 0.15) is 44.5 Å². The van der Waals surface area contributed by atoms with Gasteiger partial charge in [0.15, 0.2) is 0 Å². The van der Waals surface area contributed by atoms with Crippen molar-refractivity contribution in [3.8, 4) is 11.1 Å². The standard InChI is InChI=1S/C39H27B/c1-2-14-30(15-3-1)39(34-18-8-6-16-32(34)33-17-7-9-19-35(33)39)31-24-28-22-26-12-4-10-20-36(26)40-37-21-11-5-13-27(37)23-29(25-31)38(28)40/h1-21,24-25H,22-23H2. The van der Waals surface area contributed by atoms with E-state index < -0.39 is 0 Å². The van der Waals surface area contributed by atoms with Crippen molar-refractivity contribution in [2.75, 3.05) is 0 Å². The lowest BCUT2D eigenvalue weighted by molar-refractivity contribution is 0.765. The zero-order valence-corrected chi connectivity index (χ0v) is 22.3. The summed E-state index contributed by atoms with van der Waals surface area (Å²) in [5, 5.41) is 0. The molecular weight excluding hydrogens is 479 g/mol. The molecule has 0 radical (unpaired) electrons. The van der Waals surface area contributed by atoms with Gasteiger partial charge in [-0.05, 0) is 68.5 Å². The van der Waals surface area contributed by atoms with Gasteiger partial charge in [-0.2, -0.15) is 0 Å². The fraction of sp³-hybridized carbons (Fsp3) is 0.0769. The first kappa shape index (κ1) is 22.2. The van der Waals surface area contributed by atoms with Crippen molar-refractivity contribution in [1.29, 1.82) is 0 Å². The first-order valence-electron chi connectivity index (χ1n) is 14.4. The van der Waals surface area contributed by atoms with Gasteiger partial charge >= 0.3 is 0 Å². The van der Waals surface area contributed by atoms with Gasteiger partial charge in [-0.1, -0.05) is 156 Å². The van der Waals surface area contributed by atoms with Crippen LogP contribution in [0.25, 0.3) is 11.1 Å². The minimum Gasteiger partial charge on any atom is -0.0667 e. The average molecular weight is 506 g/mol. The Kier molecular flexibility index (Phi) is 4.55. The summed E-state index contributed by atoms with van der Waals surface area (Å²) in [5.74, 6) is 0. The minimum absolute atomic E-state index is 0.310. The van der Waals surface area contributed by atoms with Crippen LogP contribution in [0.2, 0.25) is 0 Å². The lowest BCUT2D eigenvalue weighted by Crippen LogP contribution is -2.61. The van der Waals surface area contributed by atoms with E-state index in [1.54, 1.807) is 5.46 Å². The van der Waals surface area contributed by atoms with Crippen LogP contribution in [-0.4, -0.2) is 6.71 Å². The minimum atomic E-state index is -0.358. The third-order valence-corrected chi connectivity index (χ3v) is 9.73. The van der Waals surface area contributed by atoms with E-state index in [0.29, 0.717) is 6.71 Å². The van der Waals surface area contributed by atoms with Crippen molar-refractivity contribution in [2.24, 2.45) is 0 Å². The molecule has 0 fully saturated rings. The molecule has 186 valence electrons. The zero-order valence-electron chi connectivity index (χ0n) is 22.3. The Morgan fingerprint density at radius 3 is 1.48 bits per heavy atom. The van der Waals surface area contributed by atoms with Crippen LogP contribution in [0, 0.1) is 0 Å². The molecule has 0 bridgehead atoms. The molecule has 0 aromatic heterocycles. The summed E-state index contributed by atoms with van der Waals surface area (Å²) in [6.45, 7) is 0.310. The van der Waals surface area contributed by atoms with Crippen LogP contribution in [0.4, 0.5) is 0 Å². The zero-order chi connectivity index (χ0) is 26.3. The number of hydrogen-bond acceptors (Lipinski definition) is 0. The Morgan fingerprint density at radius 1 is 0.425 bits per heavy atom. The third-order valence-electron chi connectivity index (χ3n) is 9.73. The molecular formula is C39H27B. The lowest BCUT2D eigenvalue weighted by Gasteiger charge is -2.38. The number of hydrogen-bond donors (Lipinski definition) is 0. The molecule has 0 saturated carbocycles. The maximum Gasteiger partial charge on any atom is 0.242 e. The fourth-order valence-corrected chi connectivity index (χ4v) is 8.21. The van der Waals surface area contributed by atoms with Gasteiger partial charge < -0.3 is 0 Å². The monoisotopic (exact) mass is 506 g/mol. The predicted octanol–water partition coefficient (Wildman–Crippen LogP) is 6.37. The summed E-state index contributed by atoms with van der Waals surface area (Å²) >= 11 is 0. The summed E-state index contributed by atoms with van der Waals surface area (Å²) in [7, 11) is 0. The number of rotatable bonds is 2. The van der Waals surface area contributed by atoms with Crippen molar-refractivity contribution >= 4 is 23.1 Å². The molecule has 0 unspecified atom stereocenters. The van der Waals surface area contributed by atoms with Crippen LogP contribution in [0.5, 0.6) is 0 Å². The summed E-state index contributed by atoms with van der Waals surface area (Å²) in [6.07, 6.45) is 1.97. The Hall–Kier alpha value is -4.62. The van der Waals surface area contributed by atoms with Crippen molar-refractivity contribution in [1.82, 2.24) is 0 Å². The molecule has 6 aromatic carbocycles. The molecule has 2 aliphatic heterocycles. The van der Waals surface area contributed by atoms with Gasteiger partial charge in [-0.15, -0.1) is 0 Å². The molecule has 0 saturated heterocycles. The Labute approximate surface area is 236 Å². The molecule has 2 heterocycles. The van der Waals surface area contributed by atoms with E-state index in [-0.39, 0.29) is 5.41 Å². The molecule has 0 N–H and O–H groups in total. The number of benzene rings is 6. The number of fused-ring (bicyclic) bond motifs is 7. The SMILES string of the molecule is c1ccc(C2(c3cc4c5c(c3)Cc3ccccc3B5c3ccccc3C4)c3ccccc3-c3ccccc32)cc1. The molecule has 0 nitrogen and oxygen atoms in total. The first-order valence-corrected chi connectivity index (χ1v) is 14.4. The highest BCUT2D eigenvalue weighted by molar-refractivity contribution is 6.97. The van der Waals surface area contributed by atoms with Gasteiger partial charge in [-0.25, -0.2) is 0 Å². The van der Waals surface area contributed by atoms with Gasteiger partial charge in [0.05, 0.1) is 5.41 Å². The Balaban J connectivity index is 1.39. The van der Waals surface area contributed by atoms with Gasteiger partial charge in [0, 0.05) is 0 Å². The maximum atomic E-state index is 2.57.